The minimum atomic E-state index is -0.849. The van der Waals surface area contributed by atoms with Crippen molar-refractivity contribution in [1.82, 2.24) is 15.2 Å². The molecule has 0 radical (unpaired) electrons. The van der Waals surface area contributed by atoms with Gasteiger partial charge in [0.2, 0.25) is 0 Å². The van der Waals surface area contributed by atoms with E-state index in [1.165, 1.54) is 6.07 Å². The Morgan fingerprint density at radius 2 is 2.05 bits per heavy atom. The van der Waals surface area contributed by atoms with E-state index in [1.54, 1.807) is 10.7 Å². The molecule has 0 spiro atoms. The van der Waals surface area contributed by atoms with Crippen LogP contribution < -0.4 is 11.3 Å². The predicted molar refractivity (Wildman–Crippen MR) is 72.8 cm³/mol. The Hall–Kier alpha value is -1.79. The molecular formula is C14H18F2N4. The highest BCUT2D eigenvalue weighted by atomic mass is 19.2. The van der Waals surface area contributed by atoms with Gasteiger partial charge >= 0.3 is 0 Å². The van der Waals surface area contributed by atoms with Gasteiger partial charge in [-0.05, 0) is 31.9 Å². The first-order valence-corrected chi connectivity index (χ1v) is 6.34. The molecule has 1 aromatic heterocycles. The number of aryl methyl sites for hydroxylation is 2. The van der Waals surface area contributed by atoms with Crippen LogP contribution in [0.25, 0.3) is 0 Å². The van der Waals surface area contributed by atoms with Crippen molar-refractivity contribution in [3.8, 4) is 0 Å². The Balaban J connectivity index is 2.36. The summed E-state index contributed by atoms with van der Waals surface area (Å²) in [7, 11) is 1.84. The zero-order chi connectivity index (χ0) is 14.9. The highest BCUT2D eigenvalue weighted by molar-refractivity contribution is 5.31. The molecule has 0 saturated carbocycles. The van der Waals surface area contributed by atoms with Crippen LogP contribution in [0.5, 0.6) is 0 Å². The molecule has 0 aliphatic rings. The molecule has 1 atom stereocenters. The lowest BCUT2D eigenvalue weighted by Gasteiger charge is -2.17. The number of halogens is 2. The van der Waals surface area contributed by atoms with Crippen LogP contribution in [0.3, 0.4) is 0 Å². The third-order valence-corrected chi connectivity index (χ3v) is 3.57. The van der Waals surface area contributed by atoms with Gasteiger partial charge in [-0.15, -0.1) is 0 Å². The van der Waals surface area contributed by atoms with E-state index in [1.807, 2.05) is 20.9 Å². The van der Waals surface area contributed by atoms with Crippen LogP contribution in [0.15, 0.2) is 18.2 Å². The van der Waals surface area contributed by atoms with Crippen molar-refractivity contribution in [2.24, 2.45) is 12.9 Å². The average molecular weight is 280 g/mol. The third kappa shape index (κ3) is 2.57. The van der Waals surface area contributed by atoms with Crippen molar-refractivity contribution < 1.29 is 8.78 Å². The molecule has 0 amide bonds. The Labute approximate surface area is 116 Å². The van der Waals surface area contributed by atoms with Crippen LogP contribution in [-0.2, 0) is 13.5 Å². The number of hydrogen-bond donors (Lipinski definition) is 2. The lowest BCUT2D eigenvalue weighted by Crippen LogP contribution is -2.30. The number of hydrogen-bond acceptors (Lipinski definition) is 3. The molecular weight excluding hydrogens is 262 g/mol. The van der Waals surface area contributed by atoms with Gasteiger partial charge in [0.15, 0.2) is 11.6 Å². The number of aromatic nitrogens is 2. The van der Waals surface area contributed by atoms with Crippen molar-refractivity contribution in [3.63, 3.8) is 0 Å². The lowest BCUT2D eigenvalue weighted by atomic mass is 9.97. The zero-order valence-electron chi connectivity index (χ0n) is 11.7. The largest absolute Gasteiger partial charge is 0.272 e. The van der Waals surface area contributed by atoms with Gasteiger partial charge in [0.1, 0.15) is 0 Å². The Morgan fingerprint density at radius 3 is 2.60 bits per heavy atom. The third-order valence-electron chi connectivity index (χ3n) is 3.57. The molecule has 108 valence electrons. The number of nitrogens with two attached hydrogens (primary N) is 1. The van der Waals surface area contributed by atoms with Gasteiger partial charge in [0, 0.05) is 18.3 Å². The zero-order valence-corrected chi connectivity index (χ0v) is 11.7. The van der Waals surface area contributed by atoms with Gasteiger partial charge in [0.05, 0.1) is 11.7 Å². The summed E-state index contributed by atoms with van der Waals surface area (Å²) in [6, 6.07) is 3.83. The highest BCUT2D eigenvalue weighted by Gasteiger charge is 2.21. The number of nitrogens with one attached hydrogen (secondary N) is 1. The quantitative estimate of drug-likeness (QED) is 0.666. The Bertz CT molecular complexity index is 622. The lowest BCUT2D eigenvalue weighted by molar-refractivity contribution is 0.480. The fourth-order valence-electron chi connectivity index (χ4n) is 2.46. The first kappa shape index (κ1) is 14.6. The van der Waals surface area contributed by atoms with Gasteiger partial charge < -0.3 is 0 Å². The van der Waals surface area contributed by atoms with Gasteiger partial charge in [-0.2, -0.15) is 5.10 Å². The van der Waals surface area contributed by atoms with Crippen LogP contribution in [0.4, 0.5) is 8.78 Å². The molecule has 0 aliphatic carbocycles. The fourth-order valence-corrected chi connectivity index (χ4v) is 2.46. The van der Waals surface area contributed by atoms with Crippen molar-refractivity contribution in [1.29, 1.82) is 0 Å². The van der Waals surface area contributed by atoms with Gasteiger partial charge in [-0.1, -0.05) is 12.1 Å². The van der Waals surface area contributed by atoms with Crippen LogP contribution in [0.1, 0.15) is 28.6 Å². The molecule has 6 heteroatoms. The second kappa shape index (κ2) is 5.68. The van der Waals surface area contributed by atoms with E-state index < -0.39 is 11.6 Å². The van der Waals surface area contributed by atoms with Crippen LogP contribution in [0.2, 0.25) is 0 Å². The number of hydrazine groups is 1. The maximum absolute atomic E-state index is 13.8. The number of benzene rings is 1. The molecule has 1 unspecified atom stereocenters. The summed E-state index contributed by atoms with van der Waals surface area (Å²) in [6.07, 6.45) is 0.257. The van der Waals surface area contributed by atoms with Crippen molar-refractivity contribution in [3.05, 3.63) is 52.3 Å². The molecule has 0 aliphatic heterocycles. The molecule has 2 rings (SSSR count). The SMILES string of the molecule is Cc1nn(C)c(C)c1C(Cc1cccc(F)c1F)NN. The maximum atomic E-state index is 13.8. The van der Waals surface area contributed by atoms with Crippen LogP contribution in [-0.4, -0.2) is 9.78 Å². The molecule has 1 aromatic carbocycles. The first-order chi connectivity index (χ1) is 9.45. The minimum Gasteiger partial charge on any atom is -0.272 e. The Kier molecular flexibility index (Phi) is 4.15. The Morgan fingerprint density at radius 1 is 1.35 bits per heavy atom. The summed E-state index contributed by atoms with van der Waals surface area (Å²) in [5.74, 6) is 3.91. The summed E-state index contributed by atoms with van der Waals surface area (Å²) >= 11 is 0. The van der Waals surface area contributed by atoms with E-state index >= 15 is 0 Å². The number of nitrogens with zero attached hydrogens (tertiary/aromatic N) is 2. The summed E-state index contributed by atoms with van der Waals surface area (Å²) in [6.45, 7) is 3.79. The molecule has 3 N–H and O–H groups in total. The van der Waals surface area contributed by atoms with Gasteiger partial charge in [-0.25, -0.2) is 8.78 Å². The van der Waals surface area contributed by atoms with Gasteiger partial charge in [0.25, 0.3) is 0 Å². The van der Waals surface area contributed by atoms with Crippen molar-refractivity contribution in [2.75, 3.05) is 0 Å². The molecule has 20 heavy (non-hydrogen) atoms. The average Bonchev–Trinajstić information content (AvgIpc) is 2.66. The minimum absolute atomic E-state index is 0.257. The smallest absolute Gasteiger partial charge is 0.162 e. The maximum Gasteiger partial charge on any atom is 0.162 e. The highest BCUT2D eigenvalue weighted by Crippen LogP contribution is 2.25. The molecule has 1 heterocycles. The van der Waals surface area contributed by atoms with E-state index in [2.05, 4.69) is 10.5 Å². The second-order valence-electron chi connectivity index (χ2n) is 4.84. The fraction of sp³-hybridized carbons (Fsp3) is 0.357. The van der Waals surface area contributed by atoms with Gasteiger partial charge in [-0.3, -0.25) is 16.0 Å². The molecule has 4 nitrogen and oxygen atoms in total. The van der Waals surface area contributed by atoms with E-state index in [-0.39, 0.29) is 18.0 Å². The van der Waals surface area contributed by atoms with E-state index in [9.17, 15) is 8.78 Å². The second-order valence-corrected chi connectivity index (χ2v) is 4.84. The predicted octanol–water partition coefficient (Wildman–Crippen LogP) is 2.06. The normalized spacial score (nSPS) is 12.7. The summed E-state index contributed by atoms with van der Waals surface area (Å²) in [5, 5.41) is 4.31. The summed E-state index contributed by atoms with van der Waals surface area (Å²) < 4.78 is 28.8. The van der Waals surface area contributed by atoms with Crippen molar-refractivity contribution in [2.45, 2.75) is 26.3 Å². The summed E-state index contributed by atoms with van der Waals surface area (Å²) in [5.41, 5.74) is 5.64. The topological polar surface area (TPSA) is 55.9 Å². The number of rotatable bonds is 4. The molecule has 0 fully saturated rings. The first-order valence-electron chi connectivity index (χ1n) is 6.34. The monoisotopic (exact) mass is 280 g/mol. The molecule has 2 aromatic rings. The van der Waals surface area contributed by atoms with E-state index in [0.29, 0.717) is 0 Å². The van der Waals surface area contributed by atoms with E-state index in [4.69, 9.17) is 5.84 Å². The van der Waals surface area contributed by atoms with Crippen LogP contribution >= 0.6 is 0 Å². The molecule has 0 bridgehead atoms. The standard InChI is InChI=1S/C14H18F2N4/c1-8-13(9(2)20(3)19-8)12(18-17)7-10-5-4-6-11(15)14(10)16/h4-6,12,18H,7,17H2,1-3H3. The van der Waals surface area contributed by atoms with Crippen molar-refractivity contribution >= 4 is 0 Å². The van der Waals surface area contributed by atoms with Crippen LogP contribution in [0, 0.1) is 25.5 Å². The van der Waals surface area contributed by atoms with E-state index in [0.717, 1.165) is 23.0 Å². The molecule has 0 saturated heterocycles. The summed E-state index contributed by atoms with van der Waals surface area (Å²) in [4.78, 5) is 0.